The number of amides is 1. The number of carboxylic acids is 1. The summed E-state index contributed by atoms with van der Waals surface area (Å²) in [5.41, 5.74) is 0. The molecule has 6 heteroatoms. The first-order valence-corrected chi connectivity index (χ1v) is 6.62. The molecule has 1 aromatic heterocycles. The third-order valence-electron chi connectivity index (χ3n) is 3.49. The minimum atomic E-state index is -0.764. The smallest absolute Gasteiger partial charge is 0.303 e. The molecule has 0 unspecified atom stereocenters. The fourth-order valence-corrected chi connectivity index (χ4v) is 2.49. The number of carboxylic acid groups (broad SMARTS) is 1. The van der Waals surface area contributed by atoms with E-state index < -0.39 is 5.97 Å². The molecule has 2 rings (SSSR count). The van der Waals surface area contributed by atoms with E-state index in [4.69, 9.17) is 5.11 Å². The van der Waals surface area contributed by atoms with E-state index in [-0.39, 0.29) is 18.9 Å². The quantitative estimate of drug-likeness (QED) is 0.861. The van der Waals surface area contributed by atoms with E-state index in [1.54, 1.807) is 23.1 Å². The summed E-state index contributed by atoms with van der Waals surface area (Å²) >= 11 is 0. The van der Waals surface area contributed by atoms with Gasteiger partial charge < -0.3 is 10.0 Å². The average molecular weight is 265 g/mol. The highest BCUT2D eigenvalue weighted by atomic mass is 16.4. The third kappa shape index (κ3) is 4.08. The lowest BCUT2D eigenvalue weighted by Crippen LogP contribution is -2.41. The zero-order valence-corrected chi connectivity index (χ0v) is 10.9. The largest absolute Gasteiger partial charge is 0.481 e. The standard InChI is InChI=1S/C13H19N3O3/c17-12(10-16-8-2-6-14-16)15-7-1-3-11(9-15)4-5-13(18)19/h2,6,8,11H,1,3-5,7,9-10H2,(H,18,19)/t11-/m0/s1. The van der Waals surface area contributed by atoms with Crippen LogP contribution in [0.2, 0.25) is 0 Å². The van der Waals surface area contributed by atoms with E-state index in [0.717, 1.165) is 19.4 Å². The molecule has 1 atom stereocenters. The van der Waals surface area contributed by atoms with E-state index in [2.05, 4.69) is 5.10 Å². The van der Waals surface area contributed by atoms with E-state index in [9.17, 15) is 9.59 Å². The van der Waals surface area contributed by atoms with Crippen molar-refractivity contribution in [2.45, 2.75) is 32.2 Å². The Morgan fingerprint density at radius 3 is 2.95 bits per heavy atom. The van der Waals surface area contributed by atoms with Gasteiger partial charge in [0.1, 0.15) is 6.54 Å². The molecule has 0 aromatic carbocycles. The van der Waals surface area contributed by atoms with Crippen molar-refractivity contribution in [2.75, 3.05) is 13.1 Å². The van der Waals surface area contributed by atoms with E-state index in [0.29, 0.717) is 18.9 Å². The van der Waals surface area contributed by atoms with Crippen molar-refractivity contribution in [3.63, 3.8) is 0 Å². The highest BCUT2D eigenvalue weighted by Gasteiger charge is 2.24. The Morgan fingerprint density at radius 1 is 1.42 bits per heavy atom. The maximum Gasteiger partial charge on any atom is 0.303 e. The van der Waals surface area contributed by atoms with Crippen LogP contribution in [0, 0.1) is 5.92 Å². The summed E-state index contributed by atoms with van der Waals surface area (Å²) in [7, 11) is 0. The van der Waals surface area contributed by atoms with Gasteiger partial charge in [-0.15, -0.1) is 0 Å². The van der Waals surface area contributed by atoms with Crippen LogP contribution < -0.4 is 0 Å². The van der Waals surface area contributed by atoms with Crippen LogP contribution >= 0.6 is 0 Å². The van der Waals surface area contributed by atoms with Crippen molar-refractivity contribution in [3.8, 4) is 0 Å². The molecule has 104 valence electrons. The third-order valence-corrected chi connectivity index (χ3v) is 3.49. The molecule has 1 saturated heterocycles. The fraction of sp³-hybridized carbons (Fsp3) is 0.615. The van der Waals surface area contributed by atoms with Crippen molar-refractivity contribution in [3.05, 3.63) is 18.5 Å². The highest BCUT2D eigenvalue weighted by Crippen LogP contribution is 2.21. The summed E-state index contributed by atoms with van der Waals surface area (Å²) in [6.45, 7) is 1.70. The Kier molecular flexibility index (Phi) is 4.54. The second kappa shape index (κ2) is 6.36. The molecule has 0 bridgehead atoms. The minimum absolute atomic E-state index is 0.0590. The van der Waals surface area contributed by atoms with Gasteiger partial charge in [-0.1, -0.05) is 0 Å². The summed E-state index contributed by atoms with van der Waals surface area (Å²) in [6.07, 6.45) is 6.23. The molecule has 19 heavy (non-hydrogen) atoms. The van der Waals surface area contributed by atoms with Crippen LogP contribution in [-0.2, 0) is 16.1 Å². The van der Waals surface area contributed by atoms with Gasteiger partial charge in [-0.25, -0.2) is 0 Å². The van der Waals surface area contributed by atoms with Gasteiger partial charge in [0.2, 0.25) is 5.91 Å². The molecule has 0 saturated carbocycles. The summed E-state index contributed by atoms with van der Waals surface area (Å²) in [4.78, 5) is 24.5. The molecular formula is C13H19N3O3. The monoisotopic (exact) mass is 265 g/mol. The van der Waals surface area contributed by atoms with Gasteiger partial charge in [0, 0.05) is 31.9 Å². The number of aliphatic carboxylic acids is 1. The van der Waals surface area contributed by atoms with E-state index >= 15 is 0 Å². The van der Waals surface area contributed by atoms with Crippen molar-refractivity contribution in [2.24, 2.45) is 5.92 Å². The number of hydrogen-bond donors (Lipinski definition) is 1. The second-order valence-electron chi connectivity index (χ2n) is 4.98. The second-order valence-corrected chi connectivity index (χ2v) is 4.98. The van der Waals surface area contributed by atoms with Gasteiger partial charge in [0.25, 0.3) is 0 Å². The molecule has 2 heterocycles. The summed E-state index contributed by atoms with van der Waals surface area (Å²) < 4.78 is 1.61. The SMILES string of the molecule is O=C(O)CC[C@@H]1CCCN(C(=O)Cn2cccn2)C1. The van der Waals surface area contributed by atoms with Crippen molar-refractivity contribution in [1.82, 2.24) is 14.7 Å². The lowest BCUT2D eigenvalue weighted by Gasteiger charge is -2.32. The number of likely N-dealkylation sites (tertiary alicyclic amines) is 1. The van der Waals surface area contributed by atoms with Gasteiger partial charge in [-0.3, -0.25) is 14.3 Å². The number of nitrogens with zero attached hydrogens (tertiary/aromatic N) is 3. The number of carbonyl (C=O) groups is 2. The Morgan fingerprint density at radius 2 is 2.26 bits per heavy atom. The fourth-order valence-electron chi connectivity index (χ4n) is 2.49. The maximum atomic E-state index is 12.1. The van der Waals surface area contributed by atoms with Gasteiger partial charge in [0.15, 0.2) is 0 Å². The van der Waals surface area contributed by atoms with Crippen LogP contribution in [0.4, 0.5) is 0 Å². The van der Waals surface area contributed by atoms with Crippen LogP contribution in [0.5, 0.6) is 0 Å². The molecule has 1 aromatic rings. The number of rotatable bonds is 5. The first-order valence-electron chi connectivity index (χ1n) is 6.62. The van der Waals surface area contributed by atoms with Gasteiger partial charge in [0.05, 0.1) is 0 Å². The van der Waals surface area contributed by atoms with Crippen molar-refractivity contribution < 1.29 is 14.7 Å². The predicted octanol–water partition coefficient (Wildman–Crippen LogP) is 0.986. The molecule has 1 aliphatic heterocycles. The zero-order chi connectivity index (χ0) is 13.7. The molecule has 1 amide bonds. The first-order chi connectivity index (χ1) is 9.15. The van der Waals surface area contributed by atoms with Crippen molar-refractivity contribution in [1.29, 1.82) is 0 Å². The molecule has 0 aliphatic carbocycles. The molecule has 0 radical (unpaired) electrons. The minimum Gasteiger partial charge on any atom is -0.481 e. The van der Waals surface area contributed by atoms with E-state index in [1.807, 2.05) is 4.90 Å². The highest BCUT2D eigenvalue weighted by molar-refractivity contribution is 5.76. The van der Waals surface area contributed by atoms with E-state index in [1.165, 1.54) is 0 Å². The van der Waals surface area contributed by atoms with Crippen LogP contribution in [0.1, 0.15) is 25.7 Å². The Bertz CT molecular complexity index is 430. The lowest BCUT2D eigenvalue weighted by molar-refractivity contribution is -0.137. The molecule has 6 nitrogen and oxygen atoms in total. The first kappa shape index (κ1) is 13.6. The summed E-state index contributed by atoms with van der Waals surface area (Å²) in [6, 6.07) is 1.79. The number of hydrogen-bond acceptors (Lipinski definition) is 3. The molecule has 1 N–H and O–H groups in total. The normalized spacial score (nSPS) is 19.4. The van der Waals surface area contributed by atoms with Crippen molar-refractivity contribution >= 4 is 11.9 Å². The predicted molar refractivity (Wildman–Crippen MR) is 68.4 cm³/mol. The molecule has 1 fully saturated rings. The summed E-state index contributed by atoms with van der Waals surface area (Å²) in [5, 5.41) is 12.7. The Hall–Kier alpha value is -1.85. The number of piperidine rings is 1. The summed E-state index contributed by atoms with van der Waals surface area (Å²) in [5.74, 6) is -0.393. The number of aromatic nitrogens is 2. The van der Waals surface area contributed by atoms with Gasteiger partial charge in [-0.2, -0.15) is 5.10 Å². The molecule has 1 aliphatic rings. The van der Waals surface area contributed by atoms with Crippen LogP contribution in [0.25, 0.3) is 0 Å². The van der Waals surface area contributed by atoms with Crippen LogP contribution in [0.15, 0.2) is 18.5 Å². The van der Waals surface area contributed by atoms with Crippen LogP contribution in [-0.4, -0.2) is 44.8 Å². The van der Waals surface area contributed by atoms with Crippen LogP contribution in [0.3, 0.4) is 0 Å². The maximum absolute atomic E-state index is 12.1. The lowest BCUT2D eigenvalue weighted by atomic mass is 9.93. The number of carbonyl (C=O) groups excluding carboxylic acids is 1. The molecular weight excluding hydrogens is 246 g/mol. The molecule has 0 spiro atoms. The Labute approximate surface area is 112 Å². The topological polar surface area (TPSA) is 75.4 Å². The van der Waals surface area contributed by atoms with Gasteiger partial charge in [-0.05, 0) is 31.2 Å². The average Bonchev–Trinajstić information content (AvgIpc) is 2.89. The Balaban J connectivity index is 1.82. The van der Waals surface area contributed by atoms with Gasteiger partial charge >= 0.3 is 5.97 Å². The zero-order valence-electron chi connectivity index (χ0n) is 10.9.